The van der Waals surface area contributed by atoms with Gasteiger partial charge in [0.2, 0.25) is 5.91 Å². The number of carbonyl (C=O) groups excluding carboxylic acids is 1. The molecule has 1 aromatic heterocycles. The van der Waals surface area contributed by atoms with Crippen molar-refractivity contribution in [2.45, 2.75) is 18.9 Å². The number of benzene rings is 2. The summed E-state index contributed by atoms with van der Waals surface area (Å²) in [5.41, 5.74) is 3.10. The zero-order valence-electron chi connectivity index (χ0n) is 15.3. The van der Waals surface area contributed by atoms with E-state index in [1.807, 2.05) is 61.8 Å². The van der Waals surface area contributed by atoms with Crippen LogP contribution in [0.15, 0.2) is 54.7 Å². The molecular formula is C21H21N3O3. The fourth-order valence-electron chi connectivity index (χ4n) is 3.39. The standard InChI is InChI=1S/C21H21N3O3/c1-24-21-17(12-22-24)16(11-20(25)23-21)15-8-9-18(19(10-15)26-2)27-13-14-6-4-3-5-7-14/h3-10,12,16H,11,13H2,1-2H3,(H,23,25)/t16-/m0/s1. The Kier molecular flexibility index (Phi) is 4.54. The molecule has 0 bridgehead atoms. The molecule has 1 N–H and O–H groups in total. The van der Waals surface area contributed by atoms with Gasteiger partial charge in [-0.25, -0.2) is 0 Å². The van der Waals surface area contributed by atoms with E-state index < -0.39 is 0 Å². The molecule has 0 saturated heterocycles. The molecule has 0 unspecified atom stereocenters. The highest BCUT2D eigenvalue weighted by Gasteiger charge is 2.29. The molecule has 138 valence electrons. The van der Waals surface area contributed by atoms with Gasteiger partial charge in [-0.05, 0) is 23.3 Å². The maximum absolute atomic E-state index is 12.1. The van der Waals surface area contributed by atoms with Crippen LogP contribution in [-0.2, 0) is 18.4 Å². The number of aromatic nitrogens is 2. The predicted octanol–water partition coefficient (Wildman–Crippen LogP) is 3.48. The second kappa shape index (κ2) is 7.15. The molecule has 2 aromatic carbocycles. The van der Waals surface area contributed by atoms with Gasteiger partial charge in [0.05, 0.1) is 13.3 Å². The van der Waals surface area contributed by atoms with E-state index in [9.17, 15) is 4.79 Å². The van der Waals surface area contributed by atoms with E-state index in [1.165, 1.54) is 0 Å². The molecule has 0 spiro atoms. The van der Waals surface area contributed by atoms with Gasteiger partial charge in [-0.3, -0.25) is 9.48 Å². The zero-order valence-corrected chi connectivity index (χ0v) is 15.3. The highest BCUT2D eigenvalue weighted by Crippen LogP contribution is 2.40. The first kappa shape index (κ1) is 17.1. The van der Waals surface area contributed by atoms with Crippen LogP contribution in [0.25, 0.3) is 0 Å². The van der Waals surface area contributed by atoms with Gasteiger partial charge >= 0.3 is 0 Å². The third kappa shape index (κ3) is 3.38. The summed E-state index contributed by atoms with van der Waals surface area (Å²) in [6, 6.07) is 15.8. The summed E-state index contributed by atoms with van der Waals surface area (Å²) in [7, 11) is 3.44. The minimum atomic E-state index is -0.0560. The van der Waals surface area contributed by atoms with Crippen molar-refractivity contribution in [3.05, 3.63) is 71.4 Å². The largest absolute Gasteiger partial charge is 0.493 e. The molecule has 0 radical (unpaired) electrons. The number of rotatable bonds is 5. The number of ether oxygens (including phenoxy) is 2. The van der Waals surface area contributed by atoms with Crippen molar-refractivity contribution in [2.24, 2.45) is 7.05 Å². The Morgan fingerprint density at radius 3 is 2.78 bits per heavy atom. The van der Waals surface area contributed by atoms with E-state index >= 15 is 0 Å². The summed E-state index contributed by atoms with van der Waals surface area (Å²) in [4.78, 5) is 12.1. The Hall–Kier alpha value is -3.28. The van der Waals surface area contributed by atoms with E-state index in [2.05, 4.69) is 10.4 Å². The van der Waals surface area contributed by atoms with Crippen molar-refractivity contribution >= 4 is 11.7 Å². The minimum absolute atomic E-state index is 0.0144. The van der Waals surface area contributed by atoms with Gasteiger partial charge in [-0.2, -0.15) is 5.10 Å². The Balaban J connectivity index is 1.61. The van der Waals surface area contributed by atoms with Gasteiger partial charge in [0, 0.05) is 24.9 Å². The van der Waals surface area contributed by atoms with Crippen LogP contribution in [-0.4, -0.2) is 22.8 Å². The van der Waals surface area contributed by atoms with E-state index in [0.717, 1.165) is 22.5 Å². The highest BCUT2D eigenvalue weighted by molar-refractivity contribution is 5.94. The molecule has 1 amide bonds. The van der Waals surface area contributed by atoms with Crippen molar-refractivity contribution in [2.75, 3.05) is 12.4 Å². The Morgan fingerprint density at radius 1 is 1.19 bits per heavy atom. The second-order valence-electron chi connectivity index (χ2n) is 6.56. The lowest BCUT2D eigenvalue weighted by atomic mass is 9.87. The predicted molar refractivity (Wildman–Crippen MR) is 102 cm³/mol. The Labute approximate surface area is 157 Å². The van der Waals surface area contributed by atoms with E-state index in [4.69, 9.17) is 9.47 Å². The van der Waals surface area contributed by atoms with Gasteiger partial charge in [-0.15, -0.1) is 0 Å². The Bertz CT molecular complexity index is 966. The number of hydrogen-bond donors (Lipinski definition) is 1. The molecule has 6 heteroatoms. The highest BCUT2D eigenvalue weighted by atomic mass is 16.5. The van der Waals surface area contributed by atoms with Gasteiger partial charge in [0.15, 0.2) is 11.5 Å². The summed E-state index contributed by atoms with van der Waals surface area (Å²) < 4.78 is 13.2. The summed E-state index contributed by atoms with van der Waals surface area (Å²) in [6.07, 6.45) is 2.19. The third-order valence-corrected chi connectivity index (χ3v) is 4.82. The number of methoxy groups -OCH3 is 1. The fourth-order valence-corrected chi connectivity index (χ4v) is 3.39. The summed E-state index contributed by atoms with van der Waals surface area (Å²) in [5.74, 6) is 2.01. The van der Waals surface area contributed by atoms with Crippen LogP contribution in [0.4, 0.5) is 5.82 Å². The van der Waals surface area contributed by atoms with Crippen molar-refractivity contribution in [1.82, 2.24) is 9.78 Å². The second-order valence-corrected chi connectivity index (χ2v) is 6.56. The first-order valence-electron chi connectivity index (χ1n) is 8.82. The molecule has 4 rings (SSSR count). The van der Waals surface area contributed by atoms with Crippen LogP contribution in [0.2, 0.25) is 0 Å². The van der Waals surface area contributed by atoms with Crippen molar-refractivity contribution in [1.29, 1.82) is 0 Å². The lowest BCUT2D eigenvalue weighted by molar-refractivity contribution is -0.116. The number of hydrogen-bond acceptors (Lipinski definition) is 4. The number of anilines is 1. The monoisotopic (exact) mass is 363 g/mol. The molecule has 0 aliphatic carbocycles. The molecule has 3 aromatic rings. The molecule has 6 nitrogen and oxygen atoms in total. The SMILES string of the molecule is COc1cc([C@@H]2CC(=O)Nc3c2cnn3C)ccc1OCc1ccccc1. The lowest BCUT2D eigenvalue weighted by Gasteiger charge is -2.24. The summed E-state index contributed by atoms with van der Waals surface area (Å²) in [6.45, 7) is 0.467. The number of aryl methyl sites for hydroxylation is 1. The molecule has 0 fully saturated rings. The van der Waals surface area contributed by atoms with Gasteiger partial charge < -0.3 is 14.8 Å². The van der Waals surface area contributed by atoms with Crippen LogP contribution in [0.1, 0.15) is 29.0 Å². The topological polar surface area (TPSA) is 65.4 Å². The number of nitrogens with one attached hydrogen (secondary N) is 1. The van der Waals surface area contributed by atoms with E-state index in [1.54, 1.807) is 11.8 Å². The van der Waals surface area contributed by atoms with Crippen molar-refractivity contribution in [3.8, 4) is 11.5 Å². The number of amides is 1. The first-order valence-corrected chi connectivity index (χ1v) is 8.82. The summed E-state index contributed by atoms with van der Waals surface area (Å²) in [5, 5.41) is 7.17. The van der Waals surface area contributed by atoms with Crippen LogP contribution in [0.5, 0.6) is 11.5 Å². The number of fused-ring (bicyclic) bond motifs is 1. The smallest absolute Gasteiger partial charge is 0.226 e. The lowest BCUT2D eigenvalue weighted by Crippen LogP contribution is -2.24. The zero-order chi connectivity index (χ0) is 18.8. The van der Waals surface area contributed by atoms with Crippen molar-refractivity contribution < 1.29 is 14.3 Å². The van der Waals surface area contributed by atoms with Gasteiger partial charge in [0.25, 0.3) is 0 Å². The molecule has 27 heavy (non-hydrogen) atoms. The maximum Gasteiger partial charge on any atom is 0.226 e. The van der Waals surface area contributed by atoms with Crippen LogP contribution in [0.3, 0.4) is 0 Å². The fraction of sp³-hybridized carbons (Fsp3) is 0.238. The van der Waals surface area contributed by atoms with Crippen LogP contribution in [0, 0.1) is 0 Å². The summed E-state index contributed by atoms with van der Waals surface area (Å²) >= 11 is 0. The van der Waals surface area contributed by atoms with Crippen LogP contribution >= 0.6 is 0 Å². The average Bonchev–Trinajstić information content (AvgIpc) is 3.07. The van der Waals surface area contributed by atoms with Crippen molar-refractivity contribution in [3.63, 3.8) is 0 Å². The molecule has 1 atom stereocenters. The van der Waals surface area contributed by atoms with E-state index in [0.29, 0.717) is 24.5 Å². The van der Waals surface area contributed by atoms with Gasteiger partial charge in [0.1, 0.15) is 12.4 Å². The number of nitrogens with zero attached hydrogens (tertiary/aromatic N) is 2. The van der Waals surface area contributed by atoms with E-state index in [-0.39, 0.29) is 11.8 Å². The average molecular weight is 363 g/mol. The van der Waals surface area contributed by atoms with Gasteiger partial charge in [-0.1, -0.05) is 36.4 Å². The molecule has 1 aliphatic rings. The molecule has 0 saturated carbocycles. The Morgan fingerprint density at radius 2 is 2.00 bits per heavy atom. The molecule has 2 heterocycles. The van der Waals surface area contributed by atoms with Crippen LogP contribution < -0.4 is 14.8 Å². The minimum Gasteiger partial charge on any atom is -0.493 e. The molecule has 1 aliphatic heterocycles. The quantitative estimate of drug-likeness (QED) is 0.754. The third-order valence-electron chi connectivity index (χ3n) is 4.82. The maximum atomic E-state index is 12.1. The first-order chi connectivity index (χ1) is 13.2. The normalized spacial score (nSPS) is 15.8. The number of carbonyl (C=O) groups is 1. The molecular weight excluding hydrogens is 342 g/mol.